The Bertz CT molecular complexity index is 794. The van der Waals surface area contributed by atoms with Gasteiger partial charge in [-0.15, -0.1) is 0 Å². The monoisotopic (exact) mass is 339 g/mol. The van der Waals surface area contributed by atoms with Crippen molar-refractivity contribution < 1.29 is 24.6 Å². The molecule has 24 heavy (non-hydrogen) atoms. The Balaban J connectivity index is 2.23. The van der Waals surface area contributed by atoms with Gasteiger partial charge in [-0.05, 0) is 6.92 Å². The number of fused-ring (bicyclic) bond motifs is 1. The van der Waals surface area contributed by atoms with Crippen LogP contribution >= 0.6 is 0 Å². The number of rotatable bonds is 4. The lowest BCUT2D eigenvalue weighted by Gasteiger charge is -2.31. The number of ether oxygens (including phenoxy) is 2. The molecule has 1 fully saturated rings. The smallest absolute Gasteiger partial charge is 0.300 e. The van der Waals surface area contributed by atoms with Gasteiger partial charge in [-0.1, -0.05) is 0 Å². The fourth-order valence-corrected chi connectivity index (χ4v) is 3.00. The number of aliphatic hydroxyl groups is 2. The van der Waals surface area contributed by atoms with Crippen LogP contribution in [0, 0.1) is 10.1 Å². The molecule has 4 atom stereocenters. The number of nitro groups is 1. The second-order valence-electron chi connectivity index (χ2n) is 5.68. The molecule has 2 aromatic rings. The molecular weight excluding hydrogens is 322 g/mol. The molecule has 1 aliphatic rings. The van der Waals surface area contributed by atoms with E-state index in [1.807, 2.05) is 0 Å². The lowest BCUT2D eigenvalue weighted by atomic mass is 9.96. The molecule has 0 saturated carbocycles. The van der Waals surface area contributed by atoms with Gasteiger partial charge < -0.3 is 25.4 Å². The predicted octanol–water partition coefficient (Wildman–Crippen LogP) is -0.423. The number of hydrogen-bond donors (Lipinski definition) is 3. The van der Waals surface area contributed by atoms with Gasteiger partial charge in [0.25, 0.3) is 5.69 Å². The number of aromatic nitrogens is 3. The van der Waals surface area contributed by atoms with Crippen LogP contribution < -0.4 is 5.73 Å². The molecule has 0 bridgehead atoms. The van der Waals surface area contributed by atoms with E-state index in [0.717, 1.165) is 0 Å². The maximum Gasteiger partial charge on any atom is 0.300 e. The van der Waals surface area contributed by atoms with Gasteiger partial charge in [0, 0.05) is 7.11 Å². The Kier molecular flexibility index (Phi) is 3.87. The first-order chi connectivity index (χ1) is 11.3. The minimum Gasteiger partial charge on any atom is -0.394 e. The third-order valence-corrected chi connectivity index (χ3v) is 4.42. The molecule has 0 aliphatic carbocycles. The minimum absolute atomic E-state index is 0.0400. The summed E-state index contributed by atoms with van der Waals surface area (Å²) in [7, 11) is 1.38. The standard InChI is InChI=1S/C13H17N5O6/c1-13(23-2)9(20)7(4-19)24-12(13)17-3-6(18(21)22)8-10(14)15-5-16-11(8)17/h3,5,7,9,12,19-20H,4H2,1-2H3,(H2,14,15,16)/t7?,9?,12-,13?/m1/s1. The minimum atomic E-state index is -1.26. The van der Waals surface area contributed by atoms with Crippen molar-refractivity contribution in [2.45, 2.75) is 31.0 Å². The van der Waals surface area contributed by atoms with Crippen molar-refractivity contribution in [1.82, 2.24) is 14.5 Å². The highest BCUT2D eigenvalue weighted by Gasteiger charge is 2.55. The van der Waals surface area contributed by atoms with Crippen LogP contribution in [0.4, 0.5) is 11.5 Å². The summed E-state index contributed by atoms with van der Waals surface area (Å²) in [5.41, 5.74) is 4.39. The summed E-state index contributed by atoms with van der Waals surface area (Å²) in [6, 6.07) is 0. The van der Waals surface area contributed by atoms with Crippen LogP contribution in [0.1, 0.15) is 13.2 Å². The molecule has 0 aromatic carbocycles. The predicted molar refractivity (Wildman–Crippen MR) is 81.0 cm³/mol. The van der Waals surface area contributed by atoms with Crippen LogP contribution in [-0.4, -0.2) is 61.2 Å². The van der Waals surface area contributed by atoms with Crippen molar-refractivity contribution >= 4 is 22.5 Å². The highest BCUT2D eigenvalue weighted by atomic mass is 16.6. The van der Waals surface area contributed by atoms with E-state index in [1.54, 1.807) is 6.92 Å². The molecule has 3 heterocycles. The van der Waals surface area contributed by atoms with Crippen molar-refractivity contribution in [1.29, 1.82) is 0 Å². The Morgan fingerprint density at radius 2 is 2.29 bits per heavy atom. The second kappa shape index (κ2) is 5.63. The first kappa shape index (κ1) is 16.5. The molecule has 0 amide bonds. The zero-order valence-corrected chi connectivity index (χ0v) is 13.0. The summed E-state index contributed by atoms with van der Waals surface area (Å²) < 4.78 is 12.4. The Morgan fingerprint density at radius 1 is 1.58 bits per heavy atom. The number of nitrogens with zero attached hydrogens (tertiary/aromatic N) is 4. The highest BCUT2D eigenvalue weighted by Crippen LogP contribution is 2.43. The van der Waals surface area contributed by atoms with Crippen molar-refractivity contribution in [2.75, 3.05) is 19.5 Å². The average molecular weight is 339 g/mol. The maximum atomic E-state index is 11.3. The molecule has 3 unspecified atom stereocenters. The van der Waals surface area contributed by atoms with Gasteiger partial charge in [-0.3, -0.25) is 14.7 Å². The number of hydrogen-bond acceptors (Lipinski definition) is 9. The lowest BCUT2D eigenvalue weighted by Crippen LogP contribution is -2.46. The summed E-state index contributed by atoms with van der Waals surface area (Å²) >= 11 is 0. The molecule has 130 valence electrons. The van der Waals surface area contributed by atoms with E-state index >= 15 is 0 Å². The third-order valence-electron chi connectivity index (χ3n) is 4.42. The maximum absolute atomic E-state index is 11.3. The van der Waals surface area contributed by atoms with Gasteiger partial charge in [0.2, 0.25) is 0 Å². The van der Waals surface area contributed by atoms with E-state index in [1.165, 1.54) is 24.2 Å². The van der Waals surface area contributed by atoms with Crippen molar-refractivity contribution in [2.24, 2.45) is 0 Å². The van der Waals surface area contributed by atoms with E-state index in [4.69, 9.17) is 15.2 Å². The molecule has 2 aromatic heterocycles. The summed E-state index contributed by atoms with van der Waals surface area (Å²) in [6.07, 6.45) is -0.620. The second-order valence-corrected chi connectivity index (χ2v) is 5.68. The van der Waals surface area contributed by atoms with Gasteiger partial charge in [0.15, 0.2) is 11.9 Å². The molecule has 0 radical (unpaired) electrons. The van der Waals surface area contributed by atoms with Gasteiger partial charge in [0.05, 0.1) is 17.7 Å². The third kappa shape index (κ3) is 2.13. The summed E-state index contributed by atoms with van der Waals surface area (Å²) in [4.78, 5) is 18.6. The zero-order chi connectivity index (χ0) is 17.6. The summed E-state index contributed by atoms with van der Waals surface area (Å²) in [6.45, 7) is 1.15. The van der Waals surface area contributed by atoms with E-state index in [9.17, 15) is 20.3 Å². The van der Waals surface area contributed by atoms with Crippen LogP contribution in [-0.2, 0) is 9.47 Å². The van der Waals surface area contributed by atoms with Crippen LogP contribution in [0.5, 0.6) is 0 Å². The van der Waals surface area contributed by atoms with Crippen LogP contribution in [0.3, 0.4) is 0 Å². The molecule has 11 nitrogen and oxygen atoms in total. The molecule has 3 rings (SSSR count). The largest absolute Gasteiger partial charge is 0.394 e. The SMILES string of the molecule is COC1(C)C(O)C(CO)O[C@H]1n1cc([N+](=O)[O-])c2c(N)ncnc21. The van der Waals surface area contributed by atoms with E-state index in [0.29, 0.717) is 0 Å². The fourth-order valence-electron chi connectivity index (χ4n) is 3.00. The molecule has 0 spiro atoms. The topological polar surface area (TPSA) is 159 Å². The van der Waals surface area contributed by atoms with Gasteiger partial charge in [-0.25, -0.2) is 9.97 Å². The highest BCUT2D eigenvalue weighted by molar-refractivity contribution is 5.95. The van der Waals surface area contributed by atoms with Gasteiger partial charge in [0.1, 0.15) is 35.3 Å². The van der Waals surface area contributed by atoms with Crippen LogP contribution in [0.15, 0.2) is 12.5 Å². The van der Waals surface area contributed by atoms with E-state index in [2.05, 4.69) is 9.97 Å². The van der Waals surface area contributed by atoms with Gasteiger partial charge in [-0.2, -0.15) is 0 Å². The molecule has 1 aliphatic heterocycles. The van der Waals surface area contributed by atoms with Crippen molar-refractivity contribution in [3.05, 3.63) is 22.6 Å². The molecule has 4 N–H and O–H groups in total. The van der Waals surface area contributed by atoms with Crippen LogP contribution in [0.2, 0.25) is 0 Å². The zero-order valence-electron chi connectivity index (χ0n) is 13.0. The Labute approximate surface area is 135 Å². The fraction of sp³-hybridized carbons (Fsp3) is 0.538. The molecule has 11 heteroatoms. The first-order valence-corrected chi connectivity index (χ1v) is 7.10. The van der Waals surface area contributed by atoms with Crippen molar-refractivity contribution in [3.8, 4) is 0 Å². The Hall–Kier alpha value is -2.34. The van der Waals surface area contributed by atoms with Crippen LogP contribution in [0.25, 0.3) is 11.0 Å². The number of anilines is 1. The lowest BCUT2D eigenvalue weighted by molar-refractivity contribution is -0.383. The van der Waals surface area contributed by atoms with Crippen molar-refractivity contribution in [3.63, 3.8) is 0 Å². The first-order valence-electron chi connectivity index (χ1n) is 7.10. The molecule has 1 saturated heterocycles. The number of nitrogen functional groups attached to an aromatic ring is 1. The molecular formula is C13H17N5O6. The number of aliphatic hydroxyl groups excluding tert-OH is 2. The number of methoxy groups -OCH3 is 1. The summed E-state index contributed by atoms with van der Waals surface area (Å²) in [5.74, 6) is -0.0400. The van der Waals surface area contributed by atoms with Gasteiger partial charge >= 0.3 is 0 Å². The quantitative estimate of drug-likeness (QED) is 0.496. The Morgan fingerprint density at radius 3 is 2.88 bits per heavy atom. The van der Waals surface area contributed by atoms with E-state index in [-0.39, 0.29) is 22.5 Å². The van der Waals surface area contributed by atoms with E-state index < -0.39 is 35.6 Å². The number of nitrogens with two attached hydrogens (primary N) is 1. The summed E-state index contributed by atoms with van der Waals surface area (Å²) in [5, 5.41) is 31.1. The normalized spacial score (nSPS) is 30.1. The average Bonchev–Trinajstić information content (AvgIpc) is 3.06.